The van der Waals surface area contributed by atoms with Crippen molar-refractivity contribution in [3.8, 4) is 0 Å². The molecule has 0 radical (unpaired) electrons. The van der Waals surface area contributed by atoms with E-state index in [2.05, 4.69) is 15.3 Å². The maximum absolute atomic E-state index is 4.33. The zero-order chi connectivity index (χ0) is 10.5. The molecule has 1 aliphatic heterocycles. The Labute approximate surface area is 95.1 Å². The number of hydrogen-bond donors (Lipinski definition) is 1. The lowest BCUT2D eigenvalue weighted by molar-refractivity contribution is 0.503. The smallest absolute Gasteiger partial charge is 0.0724 e. The van der Waals surface area contributed by atoms with E-state index in [0.717, 1.165) is 17.9 Å². The van der Waals surface area contributed by atoms with Gasteiger partial charge in [-0.3, -0.25) is 9.97 Å². The standard InChI is InChI=1S/C11H17N3S/c1-9-5-13-11(6-12-9)7-14-10-3-2-4-15-8-10/h5-6,10,14H,2-4,7-8H2,1H3. The van der Waals surface area contributed by atoms with Crippen LogP contribution in [0.5, 0.6) is 0 Å². The normalized spacial score (nSPS) is 21.5. The summed E-state index contributed by atoms with van der Waals surface area (Å²) in [5.41, 5.74) is 2.02. The molecule has 1 atom stereocenters. The third-order valence-electron chi connectivity index (χ3n) is 2.57. The lowest BCUT2D eigenvalue weighted by atomic mass is 10.2. The highest BCUT2D eigenvalue weighted by Gasteiger charge is 2.12. The minimum Gasteiger partial charge on any atom is -0.307 e. The van der Waals surface area contributed by atoms with Crippen LogP contribution in [0.15, 0.2) is 12.4 Å². The van der Waals surface area contributed by atoms with E-state index in [0.29, 0.717) is 6.04 Å². The minimum absolute atomic E-state index is 0.659. The molecule has 0 aromatic carbocycles. The molecule has 2 heterocycles. The molecule has 1 N–H and O–H groups in total. The molecule has 1 aliphatic rings. The topological polar surface area (TPSA) is 37.8 Å². The zero-order valence-electron chi connectivity index (χ0n) is 9.07. The number of thioether (sulfide) groups is 1. The van der Waals surface area contributed by atoms with Crippen LogP contribution >= 0.6 is 11.8 Å². The van der Waals surface area contributed by atoms with Gasteiger partial charge in [0.1, 0.15) is 0 Å². The van der Waals surface area contributed by atoms with Crippen LogP contribution in [0.25, 0.3) is 0 Å². The van der Waals surface area contributed by atoms with Gasteiger partial charge in [0, 0.05) is 30.7 Å². The Hall–Kier alpha value is -0.610. The van der Waals surface area contributed by atoms with Crippen LogP contribution < -0.4 is 5.32 Å². The quantitative estimate of drug-likeness (QED) is 0.847. The Morgan fingerprint density at radius 2 is 2.40 bits per heavy atom. The molecule has 0 bridgehead atoms. The fourth-order valence-electron chi connectivity index (χ4n) is 1.66. The van der Waals surface area contributed by atoms with Crippen molar-refractivity contribution < 1.29 is 0 Å². The van der Waals surface area contributed by atoms with Crippen molar-refractivity contribution >= 4 is 11.8 Å². The molecule has 1 saturated heterocycles. The second kappa shape index (κ2) is 5.47. The minimum atomic E-state index is 0.659. The zero-order valence-corrected chi connectivity index (χ0v) is 9.89. The fraction of sp³-hybridized carbons (Fsp3) is 0.636. The molecule has 15 heavy (non-hydrogen) atoms. The number of nitrogens with zero attached hydrogens (tertiary/aromatic N) is 2. The predicted octanol–water partition coefficient (Wildman–Crippen LogP) is 1.77. The van der Waals surface area contributed by atoms with Crippen LogP contribution in [0.1, 0.15) is 24.2 Å². The molecule has 0 spiro atoms. The largest absolute Gasteiger partial charge is 0.307 e. The maximum atomic E-state index is 4.33. The summed E-state index contributed by atoms with van der Waals surface area (Å²) in [6, 6.07) is 0.659. The number of aromatic nitrogens is 2. The number of hydrogen-bond acceptors (Lipinski definition) is 4. The first-order chi connectivity index (χ1) is 7.34. The average Bonchev–Trinajstić information content (AvgIpc) is 2.30. The summed E-state index contributed by atoms with van der Waals surface area (Å²) in [6.07, 6.45) is 6.32. The maximum Gasteiger partial charge on any atom is 0.0724 e. The van der Waals surface area contributed by atoms with Gasteiger partial charge in [-0.05, 0) is 25.5 Å². The summed E-state index contributed by atoms with van der Waals surface area (Å²) in [6.45, 7) is 2.81. The first-order valence-electron chi connectivity index (χ1n) is 5.43. The fourth-order valence-corrected chi connectivity index (χ4v) is 2.77. The van der Waals surface area contributed by atoms with Crippen LogP contribution in [-0.2, 0) is 6.54 Å². The number of nitrogens with one attached hydrogen (secondary N) is 1. The molecule has 3 nitrogen and oxygen atoms in total. The van der Waals surface area contributed by atoms with Gasteiger partial charge in [-0.15, -0.1) is 0 Å². The van der Waals surface area contributed by atoms with Crippen LogP contribution in [0.4, 0.5) is 0 Å². The lowest BCUT2D eigenvalue weighted by Gasteiger charge is -2.22. The predicted molar refractivity (Wildman–Crippen MR) is 64.0 cm³/mol. The van der Waals surface area contributed by atoms with Gasteiger partial charge >= 0.3 is 0 Å². The van der Waals surface area contributed by atoms with Crippen molar-refractivity contribution in [2.75, 3.05) is 11.5 Å². The van der Waals surface area contributed by atoms with Gasteiger partial charge in [0.2, 0.25) is 0 Å². The van der Waals surface area contributed by atoms with Gasteiger partial charge < -0.3 is 5.32 Å². The van der Waals surface area contributed by atoms with E-state index in [1.807, 2.05) is 31.1 Å². The summed E-state index contributed by atoms with van der Waals surface area (Å²) in [5.74, 6) is 2.56. The van der Waals surface area contributed by atoms with Gasteiger partial charge in [0.05, 0.1) is 11.4 Å². The summed E-state index contributed by atoms with van der Waals surface area (Å²) in [5, 5.41) is 3.53. The van der Waals surface area contributed by atoms with E-state index < -0.39 is 0 Å². The second-order valence-corrected chi connectivity index (χ2v) is 5.09. The van der Waals surface area contributed by atoms with Gasteiger partial charge in [-0.1, -0.05) is 0 Å². The van der Waals surface area contributed by atoms with Crippen molar-refractivity contribution in [2.24, 2.45) is 0 Å². The Morgan fingerprint density at radius 1 is 1.47 bits per heavy atom. The molecule has 1 fully saturated rings. The van der Waals surface area contributed by atoms with E-state index in [1.165, 1.54) is 24.3 Å². The highest BCUT2D eigenvalue weighted by molar-refractivity contribution is 7.99. The number of rotatable bonds is 3. The van der Waals surface area contributed by atoms with E-state index in [1.54, 1.807) is 0 Å². The SMILES string of the molecule is Cc1cnc(CNC2CCCSC2)cn1. The lowest BCUT2D eigenvalue weighted by Crippen LogP contribution is -2.33. The third kappa shape index (κ3) is 3.47. The van der Waals surface area contributed by atoms with Gasteiger partial charge in [0.25, 0.3) is 0 Å². The van der Waals surface area contributed by atoms with Crippen LogP contribution in [0, 0.1) is 6.92 Å². The molecule has 2 rings (SSSR count). The van der Waals surface area contributed by atoms with E-state index in [-0.39, 0.29) is 0 Å². The molecule has 1 unspecified atom stereocenters. The Kier molecular flexibility index (Phi) is 3.97. The molecule has 82 valence electrons. The summed E-state index contributed by atoms with van der Waals surface area (Å²) >= 11 is 2.04. The average molecular weight is 223 g/mol. The van der Waals surface area contributed by atoms with Gasteiger partial charge in [0.15, 0.2) is 0 Å². The molecular weight excluding hydrogens is 206 g/mol. The molecule has 4 heteroatoms. The van der Waals surface area contributed by atoms with Crippen molar-refractivity contribution in [2.45, 2.75) is 32.4 Å². The van der Waals surface area contributed by atoms with E-state index >= 15 is 0 Å². The van der Waals surface area contributed by atoms with Crippen molar-refractivity contribution in [1.82, 2.24) is 15.3 Å². The summed E-state index contributed by atoms with van der Waals surface area (Å²) in [4.78, 5) is 8.57. The molecule has 1 aromatic rings. The second-order valence-electron chi connectivity index (χ2n) is 3.94. The summed E-state index contributed by atoms with van der Waals surface area (Å²) < 4.78 is 0. The van der Waals surface area contributed by atoms with Crippen molar-refractivity contribution in [1.29, 1.82) is 0 Å². The first-order valence-corrected chi connectivity index (χ1v) is 6.59. The Balaban J connectivity index is 1.79. The first kappa shape index (κ1) is 10.9. The van der Waals surface area contributed by atoms with Crippen LogP contribution in [0.3, 0.4) is 0 Å². The van der Waals surface area contributed by atoms with Gasteiger partial charge in [-0.25, -0.2) is 0 Å². The van der Waals surface area contributed by atoms with Gasteiger partial charge in [-0.2, -0.15) is 11.8 Å². The molecule has 0 aliphatic carbocycles. The number of aryl methyl sites for hydroxylation is 1. The van der Waals surface area contributed by atoms with E-state index in [4.69, 9.17) is 0 Å². The Bertz CT molecular complexity index is 293. The molecular formula is C11H17N3S. The van der Waals surface area contributed by atoms with Crippen molar-refractivity contribution in [3.63, 3.8) is 0 Å². The van der Waals surface area contributed by atoms with E-state index in [9.17, 15) is 0 Å². The monoisotopic (exact) mass is 223 g/mol. The molecule has 1 aromatic heterocycles. The molecule has 0 amide bonds. The highest BCUT2D eigenvalue weighted by atomic mass is 32.2. The third-order valence-corrected chi connectivity index (χ3v) is 3.78. The van der Waals surface area contributed by atoms with Crippen LogP contribution in [-0.4, -0.2) is 27.5 Å². The Morgan fingerprint density at radius 3 is 3.07 bits per heavy atom. The van der Waals surface area contributed by atoms with Crippen LogP contribution in [0.2, 0.25) is 0 Å². The summed E-state index contributed by atoms with van der Waals surface area (Å²) in [7, 11) is 0. The highest BCUT2D eigenvalue weighted by Crippen LogP contribution is 2.16. The molecule has 0 saturated carbocycles. The van der Waals surface area contributed by atoms with Crippen molar-refractivity contribution in [3.05, 3.63) is 23.8 Å².